The minimum absolute atomic E-state index is 0.0797. The normalized spacial score (nSPS) is 11.6. The van der Waals surface area contributed by atoms with Gasteiger partial charge in [-0.05, 0) is 42.8 Å². The predicted octanol–water partition coefficient (Wildman–Crippen LogP) is 3.47. The number of carbonyl (C=O) groups is 1. The van der Waals surface area contributed by atoms with Gasteiger partial charge in [-0.25, -0.2) is 0 Å². The van der Waals surface area contributed by atoms with Crippen molar-refractivity contribution in [2.75, 3.05) is 13.7 Å². The number of nitrogens with one attached hydrogen (secondary N) is 1. The van der Waals surface area contributed by atoms with Crippen molar-refractivity contribution in [3.8, 4) is 11.5 Å². The lowest BCUT2D eigenvalue weighted by atomic mass is 10.1. The van der Waals surface area contributed by atoms with Gasteiger partial charge in [-0.3, -0.25) is 4.79 Å². The number of amides is 1. The monoisotopic (exact) mass is 333 g/mol. The third kappa shape index (κ3) is 5.49. The lowest BCUT2D eigenvalue weighted by Gasteiger charge is -2.15. The number of benzene rings is 2. The summed E-state index contributed by atoms with van der Waals surface area (Å²) in [5.41, 5.74) is 0.815. The number of hydrogen-bond donors (Lipinski definition) is 1. The van der Waals surface area contributed by atoms with Crippen LogP contribution in [0.5, 0.6) is 11.5 Å². The van der Waals surface area contributed by atoms with Crippen molar-refractivity contribution in [1.82, 2.24) is 5.32 Å². The Morgan fingerprint density at radius 1 is 1.13 bits per heavy atom. The summed E-state index contributed by atoms with van der Waals surface area (Å²) in [6, 6.07) is 14.5. The molecule has 0 aliphatic heterocycles. The molecule has 1 amide bonds. The van der Waals surface area contributed by atoms with Gasteiger partial charge in [0, 0.05) is 5.02 Å². The molecular weight excluding hydrogens is 314 g/mol. The molecule has 23 heavy (non-hydrogen) atoms. The van der Waals surface area contributed by atoms with Crippen molar-refractivity contribution in [3.63, 3.8) is 0 Å². The summed E-state index contributed by atoms with van der Waals surface area (Å²) in [6.07, 6.45) is 0.256. The fourth-order valence-electron chi connectivity index (χ4n) is 2.08. The van der Waals surface area contributed by atoms with E-state index in [1.165, 1.54) is 0 Å². The van der Waals surface area contributed by atoms with E-state index in [-0.39, 0.29) is 18.4 Å². The van der Waals surface area contributed by atoms with Gasteiger partial charge in [-0.1, -0.05) is 29.8 Å². The van der Waals surface area contributed by atoms with E-state index >= 15 is 0 Å². The summed E-state index contributed by atoms with van der Waals surface area (Å²) in [4.78, 5) is 12.0. The molecule has 5 heteroatoms. The van der Waals surface area contributed by atoms with E-state index in [0.29, 0.717) is 11.6 Å². The zero-order chi connectivity index (χ0) is 16.7. The maximum absolute atomic E-state index is 12.0. The van der Waals surface area contributed by atoms with Crippen LogP contribution in [-0.4, -0.2) is 25.7 Å². The maximum atomic E-state index is 12.0. The number of carbonyl (C=O) groups excluding carboxylic acids is 1. The molecule has 2 aromatic rings. The van der Waals surface area contributed by atoms with Crippen LogP contribution in [0.25, 0.3) is 0 Å². The number of ether oxygens (including phenoxy) is 2. The number of hydrogen-bond acceptors (Lipinski definition) is 3. The van der Waals surface area contributed by atoms with Crippen molar-refractivity contribution in [2.24, 2.45) is 0 Å². The zero-order valence-electron chi connectivity index (χ0n) is 13.2. The standard InChI is InChI=1S/C18H20ClNO3/c1-13(12-23-16-9-7-15(22-2)8-10-16)20-18(21)11-14-5-3-4-6-17(14)19/h3-10,13H,11-12H2,1-2H3,(H,20,21)/t13-/m1/s1. The van der Waals surface area contributed by atoms with Gasteiger partial charge < -0.3 is 14.8 Å². The largest absolute Gasteiger partial charge is 0.497 e. The molecule has 0 spiro atoms. The second-order valence-electron chi connectivity index (χ2n) is 5.22. The van der Waals surface area contributed by atoms with Gasteiger partial charge in [0.25, 0.3) is 0 Å². The van der Waals surface area contributed by atoms with E-state index in [4.69, 9.17) is 21.1 Å². The van der Waals surface area contributed by atoms with Crippen LogP contribution in [-0.2, 0) is 11.2 Å². The number of halogens is 1. The Kier molecular flexibility index (Phi) is 6.29. The highest BCUT2D eigenvalue weighted by Gasteiger charge is 2.10. The summed E-state index contributed by atoms with van der Waals surface area (Å²) in [6.45, 7) is 2.29. The van der Waals surface area contributed by atoms with Gasteiger partial charge in [0.05, 0.1) is 19.6 Å². The van der Waals surface area contributed by atoms with Crippen LogP contribution in [0.2, 0.25) is 5.02 Å². The first-order valence-corrected chi connectivity index (χ1v) is 7.76. The second-order valence-corrected chi connectivity index (χ2v) is 5.63. The van der Waals surface area contributed by atoms with Crippen LogP contribution in [0.3, 0.4) is 0 Å². The average molecular weight is 334 g/mol. The molecule has 0 heterocycles. The SMILES string of the molecule is COc1ccc(OC[C@@H](C)NC(=O)Cc2ccccc2Cl)cc1. The molecule has 0 fully saturated rings. The van der Waals surface area contributed by atoms with E-state index in [1.807, 2.05) is 49.4 Å². The van der Waals surface area contributed by atoms with Gasteiger partial charge in [0.1, 0.15) is 18.1 Å². The first-order chi connectivity index (χ1) is 11.1. The highest BCUT2D eigenvalue weighted by atomic mass is 35.5. The smallest absolute Gasteiger partial charge is 0.224 e. The first-order valence-electron chi connectivity index (χ1n) is 7.38. The molecule has 0 aliphatic carbocycles. The molecule has 0 aromatic heterocycles. The van der Waals surface area contributed by atoms with Gasteiger partial charge in [-0.2, -0.15) is 0 Å². The summed E-state index contributed by atoms with van der Waals surface area (Å²) in [7, 11) is 1.62. The highest BCUT2D eigenvalue weighted by Crippen LogP contribution is 2.17. The number of methoxy groups -OCH3 is 1. The molecule has 0 radical (unpaired) electrons. The molecule has 0 saturated heterocycles. The molecule has 2 rings (SSSR count). The Labute approximate surface area is 141 Å². The molecule has 4 nitrogen and oxygen atoms in total. The zero-order valence-corrected chi connectivity index (χ0v) is 14.0. The molecular formula is C18H20ClNO3. The Balaban J connectivity index is 1.78. The van der Waals surface area contributed by atoms with Crippen molar-refractivity contribution < 1.29 is 14.3 Å². The maximum Gasteiger partial charge on any atom is 0.224 e. The van der Waals surface area contributed by atoms with E-state index in [1.54, 1.807) is 13.2 Å². The summed E-state index contributed by atoms with van der Waals surface area (Å²) >= 11 is 6.06. The average Bonchev–Trinajstić information content (AvgIpc) is 2.55. The van der Waals surface area contributed by atoms with Crippen molar-refractivity contribution in [3.05, 3.63) is 59.1 Å². The molecule has 2 aromatic carbocycles. The summed E-state index contributed by atoms with van der Waals surface area (Å²) in [5, 5.41) is 3.50. The molecule has 0 aliphatic rings. The van der Waals surface area contributed by atoms with E-state index in [0.717, 1.165) is 17.1 Å². The Hall–Kier alpha value is -2.20. The highest BCUT2D eigenvalue weighted by molar-refractivity contribution is 6.31. The fourth-order valence-corrected chi connectivity index (χ4v) is 2.28. The van der Waals surface area contributed by atoms with Crippen LogP contribution >= 0.6 is 11.6 Å². The Bertz CT molecular complexity index is 643. The van der Waals surface area contributed by atoms with Crippen LogP contribution in [0, 0.1) is 0 Å². The van der Waals surface area contributed by atoms with E-state index < -0.39 is 0 Å². The predicted molar refractivity (Wildman–Crippen MR) is 91.2 cm³/mol. The first kappa shape index (κ1) is 17.2. The van der Waals surface area contributed by atoms with Crippen molar-refractivity contribution in [2.45, 2.75) is 19.4 Å². The van der Waals surface area contributed by atoms with Gasteiger partial charge in [-0.15, -0.1) is 0 Å². The van der Waals surface area contributed by atoms with E-state index in [9.17, 15) is 4.79 Å². The minimum atomic E-state index is -0.105. The molecule has 1 atom stereocenters. The van der Waals surface area contributed by atoms with Crippen LogP contribution in [0.1, 0.15) is 12.5 Å². The molecule has 0 saturated carbocycles. The summed E-state index contributed by atoms with van der Waals surface area (Å²) in [5.74, 6) is 1.43. The number of rotatable bonds is 7. The lowest BCUT2D eigenvalue weighted by Crippen LogP contribution is -2.37. The topological polar surface area (TPSA) is 47.6 Å². The van der Waals surface area contributed by atoms with Crippen LogP contribution < -0.4 is 14.8 Å². The lowest BCUT2D eigenvalue weighted by molar-refractivity contribution is -0.121. The molecule has 0 bridgehead atoms. The Morgan fingerprint density at radius 3 is 2.43 bits per heavy atom. The second kappa shape index (κ2) is 8.44. The van der Waals surface area contributed by atoms with Gasteiger partial charge in [0.2, 0.25) is 5.91 Å². The third-order valence-corrected chi connectivity index (χ3v) is 3.64. The van der Waals surface area contributed by atoms with Crippen molar-refractivity contribution >= 4 is 17.5 Å². The van der Waals surface area contributed by atoms with Crippen molar-refractivity contribution in [1.29, 1.82) is 0 Å². The van der Waals surface area contributed by atoms with E-state index in [2.05, 4.69) is 5.32 Å². The van der Waals surface area contributed by atoms with Gasteiger partial charge >= 0.3 is 0 Å². The van der Waals surface area contributed by atoms with Gasteiger partial charge in [0.15, 0.2) is 0 Å². The molecule has 1 N–H and O–H groups in total. The molecule has 0 unspecified atom stereocenters. The van der Waals surface area contributed by atoms with Crippen LogP contribution in [0.4, 0.5) is 0 Å². The quantitative estimate of drug-likeness (QED) is 0.844. The minimum Gasteiger partial charge on any atom is -0.497 e. The van der Waals surface area contributed by atoms with Crippen LogP contribution in [0.15, 0.2) is 48.5 Å². The summed E-state index contributed by atoms with van der Waals surface area (Å²) < 4.78 is 10.7. The fraction of sp³-hybridized carbons (Fsp3) is 0.278. The molecule has 122 valence electrons. The third-order valence-electron chi connectivity index (χ3n) is 3.28. The Morgan fingerprint density at radius 2 is 1.78 bits per heavy atom.